The molecule has 3 aromatic rings. The van der Waals surface area contributed by atoms with Crippen LogP contribution >= 0.6 is 11.6 Å². The van der Waals surface area contributed by atoms with Crippen molar-refractivity contribution in [2.45, 2.75) is 20.4 Å². The third-order valence-corrected chi connectivity index (χ3v) is 3.49. The lowest BCUT2D eigenvalue weighted by molar-refractivity contribution is 0.100. The molecule has 0 saturated heterocycles. The summed E-state index contributed by atoms with van der Waals surface area (Å²) in [5, 5.41) is 4.67. The lowest BCUT2D eigenvalue weighted by Crippen LogP contribution is -2.04. The van der Waals surface area contributed by atoms with Crippen LogP contribution in [-0.4, -0.2) is 25.5 Å². The van der Waals surface area contributed by atoms with Crippen molar-refractivity contribution in [2.75, 3.05) is 0 Å². The zero-order valence-electron chi connectivity index (χ0n) is 12.1. The molecular weight excluding hydrogens is 304 g/mol. The van der Waals surface area contributed by atoms with Crippen molar-refractivity contribution in [1.29, 1.82) is 0 Å². The van der Waals surface area contributed by atoms with Gasteiger partial charge in [0.15, 0.2) is 5.78 Å². The number of Topliss-reactive ketones (excluding diaryl/α,β-unsaturated/α-hetero) is 1. The quantitative estimate of drug-likeness (QED) is 0.691. The smallest absolute Gasteiger partial charge is 0.228 e. The summed E-state index contributed by atoms with van der Waals surface area (Å²) in [4.78, 5) is 19.6. The molecule has 1 aromatic carbocycles. The van der Waals surface area contributed by atoms with Crippen LogP contribution in [0.2, 0.25) is 5.02 Å². The average Bonchev–Trinajstić information content (AvgIpc) is 3.08. The first-order valence-electron chi connectivity index (χ1n) is 6.66. The van der Waals surface area contributed by atoms with Crippen LogP contribution in [0.3, 0.4) is 0 Å². The molecule has 0 unspecified atom stereocenters. The first-order chi connectivity index (χ1) is 10.5. The van der Waals surface area contributed by atoms with Gasteiger partial charge in [-0.1, -0.05) is 23.7 Å². The van der Waals surface area contributed by atoms with Crippen LogP contribution in [-0.2, 0) is 6.54 Å². The van der Waals surface area contributed by atoms with Crippen molar-refractivity contribution >= 4 is 17.4 Å². The molecule has 0 radical (unpaired) electrons. The molecule has 0 aliphatic rings. The van der Waals surface area contributed by atoms with Crippen LogP contribution in [0.4, 0.5) is 0 Å². The number of nitrogens with zero attached hydrogens (tertiary/aromatic N) is 4. The molecule has 0 amide bonds. The lowest BCUT2D eigenvalue weighted by atomic mass is 10.2. The third kappa shape index (κ3) is 2.78. The minimum absolute atomic E-state index is 0.174. The second-order valence-corrected chi connectivity index (χ2v) is 5.23. The van der Waals surface area contributed by atoms with Gasteiger partial charge in [-0.05, 0) is 19.1 Å². The fraction of sp³-hybridized carbons (Fsp3) is 0.200. The maximum Gasteiger partial charge on any atom is 0.228 e. The molecule has 0 aliphatic carbocycles. The number of carbonyl (C=O) groups is 1. The van der Waals surface area contributed by atoms with Crippen LogP contribution in [0.1, 0.15) is 29.0 Å². The number of halogens is 1. The predicted octanol–water partition coefficient (Wildman–Crippen LogP) is 3.15. The minimum atomic E-state index is -0.174. The van der Waals surface area contributed by atoms with E-state index in [9.17, 15) is 4.79 Å². The lowest BCUT2D eigenvalue weighted by Gasteiger charge is -1.97. The second-order valence-electron chi connectivity index (χ2n) is 4.82. The monoisotopic (exact) mass is 316 g/mol. The summed E-state index contributed by atoms with van der Waals surface area (Å²) in [7, 11) is 0. The van der Waals surface area contributed by atoms with Crippen molar-refractivity contribution in [3.8, 4) is 11.5 Å². The Balaban J connectivity index is 1.89. The van der Waals surface area contributed by atoms with Gasteiger partial charge < -0.3 is 4.42 Å². The largest absolute Gasteiger partial charge is 0.441 e. The number of benzene rings is 1. The summed E-state index contributed by atoms with van der Waals surface area (Å²) in [6.45, 7) is 3.63. The molecule has 0 N–H and O–H groups in total. The second kappa shape index (κ2) is 5.73. The number of carbonyl (C=O) groups excluding carboxylic acids is 1. The van der Waals surface area contributed by atoms with Crippen LogP contribution in [0.25, 0.3) is 11.5 Å². The Hall–Kier alpha value is -2.47. The standard InChI is InChI=1S/C15H13ClN4O2/c1-9(21)14-17-8-20(19-14)7-13-10(2)22-15(18-13)11-5-3-4-6-12(11)16/h3-6,8H,7H2,1-2H3. The van der Waals surface area contributed by atoms with E-state index >= 15 is 0 Å². The van der Waals surface area contributed by atoms with Gasteiger partial charge in [-0.3, -0.25) is 4.79 Å². The number of aryl methyl sites for hydroxylation is 1. The van der Waals surface area contributed by atoms with Crippen molar-refractivity contribution in [3.63, 3.8) is 0 Å². The van der Waals surface area contributed by atoms with Gasteiger partial charge in [0.25, 0.3) is 0 Å². The zero-order chi connectivity index (χ0) is 15.7. The average molecular weight is 317 g/mol. The van der Waals surface area contributed by atoms with E-state index in [-0.39, 0.29) is 11.6 Å². The Morgan fingerprint density at radius 3 is 2.82 bits per heavy atom. The van der Waals surface area contributed by atoms with Crippen molar-refractivity contribution in [2.24, 2.45) is 0 Å². The van der Waals surface area contributed by atoms with Gasteiger partial charge in [0.05, 0.1) is 17.1 Å². The van der Waals surface area contributed by atoms with Gasteiger partial charge in [-0.25, -0.2) is 14.6 Å². The Bertz CT molecular complexity index is 838. The van der Waals surface area contributed by atoms with E-state index in [1.54, 1.807) is 10.7 Å². The minimum Gasteiger partial charge on any atom is -0.441 e. The molecule has 0 bridgehead atoms. The van der Waals surface area contributed by atoms with Gasteiger partial charge in [0.2, 0.25) is 11.7 Å². The van der Waals surface area contributed by atoms with E-state index in [4.69, 9.17) is 16.0 Å². The SMILES string of the molecule is CC(=O)c1ncn(Cc2nc(-c3ccccc3Cl)oc2C)n1. The Morgan fingerprint density at radius 1 is 1.36 bits per heavy atom. The first-order valence-corrected chi connectivity index (χ1v) is 7.04. The highest BCUT2D eigenvalue weighted by Crippen LogP contribution is 2.28. The van der Waals surface area contributed by atoms with Crippen LogP contribution in [0.15, 0.2) is 35.0 Å². The maximum absolute atomic E-state index is 11.2. The summed E-state index contributed by atoms with van der Waals surface area (Å²) in [6.07, 6.45) is 1.50. The molecule has 22 heavy (non-hydrogen) atoms. The highest BCUT2D eigenvalue weighted by molar-refractivity contribution is 6.33. The summed E-state index contributed by atoms with van der Waals surface area (Å²) < 4.78 is 7.24. The summed E-state index contributed by atoms with van der Waals surface area (Å²) in [5.74, 6) is 1.15. The normalized spacial score (nSPS) is 10.9. The molecular formula is C15H13ClN4O2. The van der Waals surface area contributed by atoms with Gasteiger partial charge in [0, 0.05) is 6.92 Å². The Labute approximate surface area is 131 Å². The van der Waals surface area contributed by atoms with E-state index in [1.807, 2.05) is 25.1 Å². The number of hydrogen-bond acceptors (Lipinski definition) is 5. The van der Waals surface area contributed by atoms with Gasteiger partial charge >= 0.3 is 0 Å². The number of ketones is 1. The molecule has 0 atom stereocenters. The molecule has 0 aliphatic heterocycles. The molecule has 0 spiro atoms. The van der Waals surface area contributed by atoms with E-state index in [2.05, 4.69) is 15.1 Å². The molecule has 6 nitrogen and oxygen atoms in total. The van der Waals surface area contributed by atoms with Crippen molar-refractivity contribution < 1.29 is 9.21 Å². The Kier molecular flexibility index (Phi) is 3.77. The Morgan fingerprint density at radius 2 is 2.14 bits per heavy atom. The fourth-order valence-corrected chi connectivity index (χ4v) is 2.23. The number of hydrogen-bond donors (Lipinski definition) is 0. The maximum atomic E-state index is 11.2. The van der Waals surface area contributed by atoms with E-state index < -0.39 is 0 Å². The summed E-state index contributed by atoms with van der Waals surface area (Å²) in [6, 6.07) is 7.35. The topological polar surface area (TPSA) is 73.8 Å². The van der Waals surface area contributed by atoms with E-state index in [1.165, 1.54) is 13.3 Å². The zero-order valence-corrected chi connectivity index (χ0v) is 12.8. The molecule has 0 fully saturated rings. The molecule has 0 saturated carbocycles. The first kappa shape index (κ1) is 14.5. The van der Waals surface area contributed by atoms with Crippen LogP contribution in [0, 0.1) is 6.92 Å². The fourth-order valence-electron chi connectivity index (χ4n) is 2.01. The highest BCUT2D eigenvalue weighted by atomic mass is 35.5. The number of aromatic nitrogens is 4. The number of rotatable bonds is 4. The molecule has 7 heteroatoms. The van der Waals surface area contributed by atoms with Gasteiger partial charge in [0.1, 0.15) is 17.8 Å². The van der Waals surface area contributed by atoms with E-state index in [0.29, 0.717) is 23.2 Å². The molecule has 2 aromatic heterocycles. The van der Waals surface area contributed by atoms with Crippen molar-refractivity contribution in [1.82, 2.24) is 19.7 Å². The molecule has 112 valence electrons. The van der Waals surface area contributed by atoms with Gasteiger partial charge in [-0.15, -0.1) is 5.10 Å². The number of oxazole rings is 1. The van der Waals surface area contributed by atoms with Crippen LogP contribution in [0.5, 0.6) is 0 Å². The van der Waals surface area contributed by atoms with E-state index in [0.717, 1.165) is 11.3 Å². The highest BCUT2D eigenvalue weighted by Gasteiger charge is 2.15. The third-order valence-electron chi connectivity index (χ3n) is 3.16. The summed E-state index contributed by atoms with van der Waals surface area (Å²) in [5.41, 5.74) is 1.46. The predicted molar refractivity (Wildman–Crippen MR) is 80.8 cm³/mol. The van der Waals surface area contributed by atoms with Crippen molar-refractivity contribution in [3.05, 3.63) is 52.9 Å². The van der Waals surface area contributed by atoms with Crippen LogP contribution < -0.4 is 0 Å². The molecule has 2 heterocycles. The van der Waals surface area contributed by atoms with Gasteiger partial charge in [-0.2, -0.15) is 0 Å². The molecule has 3 rings (SSSR count). The summed E-state index contributed by atoms with van der Waals surface area (Å²) >= 11 is 6.15.